The largest absolute Gasteiger partial charge is 0.378 e. The highest BCUT2D eigenvalue weighted by atomic mass is 16.5. The smallest absolute Gasteiger partial charge is 0.255 e. The minimum absolute atomic E-state index is 0.0246. The van der Waals surface area contributed by atoms with E-state index in [-0.39, 0.29) is 5.91 Å². The molecular formula is C21H19N3O2. The number of aryl methyl sites for hydroxylation is 1. The fourth-order valence-electron chi connectivity index (χ4n) is 3.05. The molecule has 4 rings (SSSR count). The first-order chi connectivity index (χ1) is 12.7. The maximum absolute atomic E-state index is 12.7. The van der Waals surface area contributed by atoms with E-state index in [0.717, 1.165) is 16.8 Å². The van der Waals surface area contributed by atoms with Crippen molar-refractivity contribution in [3.05, 3.63) is 71.3 Å². The van der Waals surface area contributed by atoms with Crippen LogP contribution in [-0.2, 0) is 4.74 Å². The molecule has 0 aliphatic carbocycles. The maximum atomic E-state index is 12.7. The van der Waals surface area contributed by atoms with Gasteiger partial charge in [0.25, 0.3) is 5.91 Å². The van der Waals surface area contributed by atoms with E-state index in [4.69, 9.17) is 4.74 Å². The van der Waals surface area contributed by atoms with Gasteiger partial charge in [0.05, 0.1) is 30.0 Å². The van der Waals surface area contributed by atoms with E-state index in [9.17, 15) is 4.79 Å². The summed E-state index contributed by atoms with van der Waals surface area (Å²) in [7, 11) is 0. The molecule has 0 radical (unpaired) electrons. The Morgan fingerprint density at radius 1 is 1.12 bits per heavy atom. The minimum atomic E-state index is 0.0246. The van der Waals surface area contributed by atoms with Crippen molar-refractivity contribution in [1.82, 2.24) is 14.3 Å². The Labute approximate surface area is 152 Å². The van der Waals surface area contributed by atoms with E-state index in [1.165, 1.54) is 0 Å². The molecule has 1 aromatic carbocycles. The van der Waals surface area contributed by atoms with Gasteiger partial charge >= 0.3 is 0 Å². The molecule has 5 heteroatoms. The summed E-state index contributed by atoms with van der Waals surface area (Å²) >= 11 is 0. The van der Waals surface area contributed by atoms with Gasteiger partial charge in [-0.15, -0.1) is 0 Å². The third-order valence-corrected chi connectivity index (χ3v) is 4.35. The van der Waals surface area contributed by atoms with Gasteiger partial charge < -0.3 is 14.0 Å². The highest BCUT2D eigenvalue weighted by molar-refractivity contribution is 5.96. The molecule has 3 heterocycles. The lowest BCUT2D eigenvalue weighted by atomic mass is 10.2. The predicted octanol–water partition coefficient (Wildman–Crippen LogP) is 2.51. The van der Waals surface area contributed by atoms with Crippen molar-refractivity contribution >= 4 is 11.4 Å². The monoisotopic (exact) mass is 345 g/mol. The second-order valence-electron chi connectivity index (χ2n) is 6.27. The van der Waals surface area contributed by atoms with Crippen molar-refractivity contribution < 1.29 is 9.53 Å². The summed E-state index contributed by atoms with van der Waals surface area (Å²) in [5, 5.41) is 0. The lowest BCUT2D eigenvalue weighted by Crippen LogP contribution is -2.40. The van der Waals surface area contributed by atoms with E-state index >= 15 is 0 Å². The number of morpholine rings is 1. The lowest BCUT2D eigenvalue weighted by molar-refractivity contribution is 0.0303. The maximum Gasteiger partial charge on any atom is 0.255 e. The summed E-state index contributed by atoms with van der Waals surface area (Å²) in [6.07, 6.45) is 3.77. The first-order valence-corrected chi connectivity index (χ1v) is 8.64. The summed E-state index contributed by atoms with van der Waals surface area (Å²) in [6, 6.07) is 11.7. The van der Waals surface area contributed by atoms with Crippen molar-refractivity contribution in [2.24, 2.45) is 0 Å². The van der Waals surface area contributed by atoms with E-state index in [0.29, 0.717) is 37.6 Å². The van der Waals surface area contributed by atoms with Crippen LogP contribution in [-0.4, -0.2) is 46.5 Å². The van der Waals surface area contributed by atoms with Gasteiger partial charge in [-0.3, -0.25) is 4.79 Å². The number of fused-ring (bicyclic) bond motifs is 1. The molecule has 1 fully saturated rings. The number of hydrogen-bond acceptors (Lipinski definition) is 3. The molecule has 1 amide bonds. The van der Waals surface area contributed by atoms with E-state index < -0.39 is 0 Å². The fraction of sp³-hybridized carbons (Fsp3) is 0.238. The third-order valence-electron chi connectivity index (χ3n) is 4.35. The van der Waals surface area contributed by atoms with Crippen LogP contribution < -0.4 is 0 Å². The Bertz CT molecular complexity index is 1010. The predicted molar refractivity (Wildman–Crippen MR) is 99.1 cm³/mol. The number of carbonyl (C=O) groups is 1. The summed E-state index contributed by atoms with van der Waals surface area (Å²) in [5.74, 6) is 6.32. The Kier molecular flexibility index (Phi) is 4.42. The van der Waals surface area contributed by atoms with Crippen molar-refractivity contribution in [2.45, 2.75) is 6.92 Å². The molecule has 2 aromatic heterocycles. The number of carbonyl (C=O) groups excluding carboxylic acids is 1. The van der Waals surface area contributed by atoms with Crippen LogP contribution in [0.4, 0.5) is 0 Å². The molecule has 130 valence electrons. The molecule has 0 saturated carbocycles. The highest BCUT2D eigenvalue weighted by Crippen LogP contribution is 2.17. The second kappa shape index (κ2) is 7.03. The van der Waals surface area contributed by atoms with Crippen LogP contribution in [0, 0.1) is 18.8 Å². The Balaban J connectivity index is 1.71. The van der Waals surface area contributed by atoms with Gasteiger partial charge in [0.1, 0.15) is 5.69 Å². The van der Waals surface area contributed by atoms with Gasteiger partial charge in [0.15, 0.2) is 0 Å². The number of aromatic nitrogens is 2. The van der Waals surface area contributed by atoms with Crippen LogP contribution in [0.5, 0.6) is 0 Å². The van der Waals surface area contributed by atoms with Crippen LogP contribution in [0.3, 0.4) is 0 Å². The van der Waals surface area contributed by atoms with Gasteiger partial charge in [0.2, 0.25) is 0 Å². The summed E-state index contributed by atoms with van der Waals surface area (Å²) < 4.78 is 7.26. The minimum Gasteiger partial charge on any atom is -0.378 e. The van der Waals surface area contributed by atoms with Crippen LogP contribution in [0.1, 0.15) is 27.3 Å². The van der Waals surface area contributed by atoms with Crippen LogP contribution in [0.2, 0.25) is 0 Å². The molecule has 26 heavy (non-hydrogen) atoms. The van der Waals surface area contributed by atoms with Gasteiger partial charge in [-0.2, -0.15) is 0 Å². The zero-order chi connectivity index (χ0) is 17.9. The molecule has 5 nitrogen and oxygen atoms in total. The average molecular weight is 345 g/mol. The number of benzene rings is 1. The van der Waals surface area contributed by atoms with E-state index in [1.807, 2.05) is 65.0 Å². The Morgan fingerprint density at radius 3 is 2.65 bits per heavy atom. The number of hydrogen-bond donors (Lipinski definition) is 0. The third kappa shape index (κ3) is 3.32. The van der Waals surface area contributed by atoms with Crippen molar-refractivity contribution in [1.29, 1.82) is 0 Å². The zero-order valence-corrected chi connectivity index (χ0v) is 14.6. The van der Waals surface area contributed by atoms with Gasteiger partial charge in [-0.25, -0.2) is 4.98 Å². The highest BCUT2D eigenvalue weighted by Gasteiger charge is 2.20. The first-order valence-electron chi connectivity index (χ1n) is 8.64. The molecule has 1 saturated heterocycles. The fourth-order valence-corrected chi connectivity index (χ4v) is 3.05. The number of rotatable bonds is 1. The quantitative estimate of drug-likeness (QED) is 0.637. The topological polar surface area (TPSA) is 46.8 Å². The molecule has 0 bridgehead atoms. The molecule has 0 atom stereocenters. The molecule has 1 aliphatic rings. The molecule has 1 aliphatic heterocycles. The SMILES string of the molecule is Cc1cn2cc(C(=O)N3CCOCC3)cc2c(C#Cc2ccccc2)n1. The number of nitrogens with zero attached hydrogens (tertiary/aromatic N) is 3. The van der Waals surface area contributed by atoms with Crippen molar-refractivity contribution in [3.8, 4) is 11.8 Å². The molecular weight excluding hydrogens is 326 g/mol. The van der Waals surface area contributed by atoms with Gasteiger partial charge in [-0.05, 0) is 31.0 Å². The molecule has 0 N–H and O–H groups in total. The summed E-state index contributed by atoms with van der Waals surface area (Å²) in [4.78, 5) is 19.1. The first kappa shape index (κ1) is 16.4. The van der Waals surface area contributed by atoms with Gasteiger partial charge in [-0.1, -0.05) is 24.1 Å². The van der Waals surface area contributed by atoms with Crippen LogP contribution in [0.15, 0.2) is 48.8 Å². The van der Waals surface area contributed by atoms with E-state index in [2.05, 4.69) is 16.8 Å². The second-order valence-corrected chi connectivity index (χ2v) is 6.27. The average Bonchev–Trinajstić information content (AvgIpc) is 3.11. The zero-order valence-electron chi connectivity index (χ0n) is 14.6. The molecule has 0 spiro atoms. The standard InChI is InChI=1S/C21H19N3O2/c1-16-14-24-15-18(21(25)23-9-11-26-12-10-23)13-20(24)19(22-16)8-7-17-5-3-2-4-6-17/h2-6,13-15H,9-12H2,1H3. The number of amides is 1. The summed E-state index contributed by atoms with van der Waals surface area (Å²) in [5.41, 5.74) is 3.97. The lowest BCUT2D eigenvalue weighted by Gasteiger charge is -2.26. The molecule has 0 unspecified atom stereocenters. The Morgan fingerprint density at radius 2 is 1.88 bits per heavy atom. The number of ether oxygens (including phenoxy) is 1. The van der Waals surface area contributed by atoms with Crippen molar-refractivity contribution in [2.75, 3.05) is 26.3 Å². The van der Waals surface area contributed by atoms with Gasteiger partial charge in [0, 0.05) is 31.0 Å². The van der Waals surface area contributed by atoms with Crippen molar-refractivity contribution in [3.63, 3.8) is 0 Å². The van der Waals surface area contributed by atoms with E-state index in [1.54, 1.807) is 0 Å². The normalized spacial score (nSPS) is 14.1. The molecule has 3 aromatic rings. The Hall–Kier alpha value is -3.10. The summed E-state index contributed by atoms with van der Waals surface area (Å²) in [6.45, 7) is 4.36. The van der Waals surface area contributed by atoms with Crippen LogP contribution >= 0.6 is 0 Å². The van der Waals surface area contributed by atoms with Crippen LogP contribution in [0.25, 0.3) is 5.52 Å².